The molecule has 0 saturated heterocycles. The highest BCUT2D eigenvalue weighted by atomic mass is 28.5. The predicted octanol–water partition coefficient (Wildman–Crippen LogP) is 5.85. The zero-order valence-corrected chi connectivity index (χ0v) is 29.3. The normalized spacial score (nSPS) is 17.0. The van der Waals surface area contributed by atoms with E-state index in [9.17, 15) is 4.79 Å². The number of unbranched alkanes of at least 4 members (excludes halogenated alkanes) is 1. The molecule has 3 atom stereocenters. The molecule has 39 heavy (non-hydrogen) atoms. The Hall–Kier alpha value is -0.942. The lowest BCUT2D eigenvalue weighted by molar-refractivity contribution is -0.137. The summed E-state index contributed by atoms with van der Waals surface area (Å²) in [5.74, 6) is -0.346. The van der Waals surface area contributed by atoms with Gasteiger partial charge in [0.1, 0.15) is 0 Å². The van der Waals surface area contributed by atoms with Crippen LogP contribution in [0.5, 0.6) is 0 Å². The molecule has 0 aliphatic rings. The summed E-state index contributed by atoms with van der Waals surface area (Å²) in [6.07, 6.45) is 5.52. The van der Waals surface area contributed by atoms with E-state index in [0.717, 1.165) is 30.9 Å². The molecule has 0 heterocycles. The molecule has 8 nitrogen and oxygen atoms in total. The van der Waals surface area contributed by atoms with Crippen LogP contribution >= 0.6 is 0 Å². The molecule has 1 aromatic carbocycles. The van der Waals surface area contributed by atoms with E-state index in [1.165, 1.54) is 11.6 Å². The second-order valence-corrected chi connectivity index (χ2v) is 26.2. The number of aliphatic hydroxyl groups is 1. The number of benzene rings is 1. The van der Waals surface area contributed by atoms with Crippen LogP contribution in [0.15, 0.2) is 30.3 Å². The molecule has 0 aliphatic carbocycles. The van der Waals surface area contributed by atoms with E-state index in [0.29, 0.717) is 25.9 Å². The fourth-order valence-electron chi connectivity index (χ4n) is 4.12. The fourth-order valence-corrected chi connectivity index (χ4v) is 21.3. The lowest BCUT2D eigenvalue weighted by Crippen LogP contribution is -2.59. The van der Waals surface area contributed by atoms with Gasteiger partial charge in [-0.1, -0.05) is 29.8 Å². The van der Waals surface area contributed by atoms with Gasteiger partial charge in [0.15, 0.2) is 16.9 Å². The van der Waals surface area contributed by atoms with Crippen LogP contribution in [-0.4, -0.2) is 78.6 Å². The fraction of sp³-hybridized carbons (Fsp3) is 0.630. The number of ether oxygens (including phenoxy) is 2. The van der Waals surface area contributed by atoms with Gasteiger partial charge in [-0.3, -0.25) is 6.55 Å². The molecule has 0 bridgehead atoms. The van der Waals surface area contributed by atoms with E-state index in [4.69, 9.17) is 31.4 Å². The van der Waals surface area contributed by atoms with Gasteiger partial charge in [-0.2, -0.15) is 0 Å². The third kappa shape index (κ3) is 16.8. The van der Waals surface area contributed by atoms with Crippen LogP contribution in [0.3, 0.4) is 0 Å². The molecule has 0 spiro atoms. The Morgan fingerprint density at radius 3 is 2.08 bits per heavy atom. The minimum absolute atomic E-state index is 0.00260. The number of aryl methyl sites for hydroxylation is 1. The van der Waals surface area contributed by atoms with Gasteiger partial charge < -0.3 is 31.4 Å². The van der Waals surface area contributed by atoms with E-state index >= 15 is 0 Å². The van der Waals surface area contributed by atoms with Crippen molar-refractivity contribution in [2.45, 2.75) is 77.6 Å². The molecule has 0 aromatic heterocycles. The summed E-state index contributed by atoms with van der Waals surface area (Å²) in [6, 6.07) is 9.44. The number of hydrogen-bond acceptors (Lipinski definition) is 8. The quantitative estimate of drug-likeness (QED) is 0.0642. The highest BCUT2D eigenvalue weighted by Crippen LogP contribution is 2.31. The summed E-state index contributed by atoms with van der Waals surface area (Å²) in [5, 5.41) is 8.98. The van der Waals surface area contributed by atoms with Crippen LogP contribution in [0, 0.1) is 13.5 Å². The molecular weight excluding hydrogens is 565 g/mol. The summed E-state index contributed by atoms with van der Waals surface area (Å²) >= 11 is 0. The third-order valence-corrected chi connectivity index (χ3v) is 20.2. The summed E-state index contributed by atoms with van der Waals surface area (Å²) in [4.78, 5) is 12.2. The largest absolute Gasteiger partial charge is 0.463 e. The summed E-state index contributed by atoms with van der Waals surface area (Å²) in [5.41, 5.74) is 2.14. The zero-order valence-electron chi connectivity index (χ0n) is 25.3. The van der Waals surface area contributed by atoms with E-state index in [-0.39, 0.29) is 12.6 Å². The number of carbonyl (C=O) groups excluding carboxylic acids is 1. The SMILES string of the molecule is [CH2-][Si](C)(OC)O[Si](C)(CCCOCCO)O[Si](C)(CCCCOC(=O)/C=C/c1ccc(C)cc1)O[Si](C)(C)C. The molecule has 0 saturated carbocycles. The van der Waals surface area contributed by atoms with E-state index in [2.05, 4.69) is 39.3 Å². The maximum atomic E-state index is 12.2. The van der Waals surface area contributed by atoms with Crippen LogP contribution in [0.1, 0.15) is 30.4 Å². The number of esters is 1. The first kappa shape index (κ1) is 36.1. The van der Waals surface area contributed by atoms with Gasteiger partial charge in [0.05, 0.1) is 19.8 Å². The smallest absolute Gasteiger partial charge is 0.330 e. The molecule has 1 rings (SSSR count). The first-order valence-electron chi connectivity index (χ1n) is 13.7. The van der Waals surface area contributed by atoms with Gasteiger partial charge in [-0.15, -0.1) is 0 Å². The van der Waals surface area contributed by atoms with Gasteiger partial charge in [0, 0.05) is 19.8 Å². The van der Waals surface area contributed by atoms with Gasteiger partial charge in [0.25, 0.3) is 0 Å². The molecule has 3 unspecified atom stereocenters. The second kappa shape index (κ2) is 17.1. The van der Waals surface area contributed by atoms with Gasteiger partial charge in [0.2, 0.25) is 0 Å². The first-order chi connectivity index (χ1) is 18.1. The lowest BCUT2D eigenvalue weighted by Gasteiger charge is -2.45. The summed E-state index contributed by atoms with van der Waals surface area (Å²) in [7, 11) is -8.29. The van der Waals surface area contributed by atoms with Crippen LogP contribution in [-0.2, 0) is 31.0 Å². The maximum absolute atomic E-state index is 12.2. The standard InChI is InChI=1S/C27H51O8Si4/c1-25-13-15-26(16-14-25)17-18-27(29)32-21-10-11-23-38(8,33-36(3,4)5)35-39(9,34-37(6,7)30-2)24-12-20-31-22-19-28/h13-18,28H,6,10-12,19-24H2,1-5,7-9H3/q-1/b18-17+. The van der Waals surface area contributed by atoms with Crippen molar-refractivity contribution in [1.29, 1.82) is 0 Å². The van der Waals surface area contributed by atoms with Gasteiger partial charge in [-0.25, -0.2) is 4.79 Å². The predicted molar refractivity (Wildman–Crippen MR) is 166 cm³/mol. The first-order valence-corrected chi connectivity index (χ1v) is 24.7. The maximum Gasteiger partial charge on any atom is 0.330 e. The highest BCUT2D eigenvalue weighted by molar-refractivity contribution is 6.89. The molecule has 12 heteroatoms. The van der Waals surface area contributed by atoms with Crippen LogP contribution < -0.4 is 0 Å². The number of aliphatic hydroxyl groups excluding tert-OH is 1. The van der Waals surface area contributed by atoms with Crippen molar-refractivity contribution in [2.75, 3.05) is 33.5 Å². The number of carbonyl (C=O) groups is 1. The Morgan fingerprint density at radius 1 is 0.872 bits per heavy atom. The van der Waals surface area contributed by atoms with Gasteiger partial charge in [-0.05, 0) is 89.2 Å². The topological polar surface area (TPSA) is 92.7 Å². The van der Waals surface area contributed by atoms with Crippen molar-refractivity contribution in [3.63, 3.8) is 0 Å². The molecule has 224 valence electrons. The van der Waals surface area contributed by atoms with Crippen molar-refractivity contribution in [3.05, 3.63) is 48.0 Å². The van der Waals surface area contributed by atoms with Crippen molar-refractivity contribution in [2.24, 2.45) is 0 Å². The Labute approximate surface area is 240 Å². The van der Waals surface area contributed by atoms with Gasteiger partial charge >= 0.3 is 23.1 Å². The molecular formula is C27H51O8Si4-. The minimum Gasteiger partial charge on any atom is -0.463 e. The van der Waals surface area contributed by atoms with Crippen molar-refractivity contribution in [1.82, 2.24) is 0 Å². The Kier molecular flexibility index (Phi) is 15.8. The Morgan fingerprint density at radius 2 is 1.49 bits per heavy atom. The van der Waals surface area contributed by atoms with Crippen LogP contribution in [0.25, 0.3) is 6.08 Å². The molecule has 1 N–H and O–H groups in total. The molecule has 0 aliphatic heterocycles. The van der Waals surface area contributed by atoms with E-state index in [1.54, 1.807) is 13.2 Å². The highest BCUT2D eigenvalue weighted by Gasteiger charge is 2.46. The average Bonchev–Trinajstić information content (AvgIpc) is 2.81. The Bertz CT molecular complexity index is 876. The molecule has 0 fully saturated rings. The molecule has 1 aromatic rings. The van der Waals surface area contributed by atoms with Crippen molar-refractivity contribution < 1.29 is 36.1 Å². The second-order valence-electron chi connectivity index (χ2n) is 11.3. The number of rotatable bonds is 20. The summed E-state index contributed by atoms with van der Waals surface area (Å²) < 4.78 is 36.7. The van der Waals surface area contributed by atoms with Crippen molar-refractivity contribution >= 4 is 46.0 Å². The lowest BCUT2D eigenvalue weighted by atomic mass is 10.1. The van der Waals surface area contributed by atoms with E-state index in [1.807, 2.05) is 37.7 Å². The minimum atomic E-state index is -2.74. The molecule has 0 radical (unpaired) electrons. The molecule has 0 amide bonds. The monoisotopic (exact) mass is 615 g/mol. The summed E-state index contributed by atoms with van der Waals surface area (Å²) in [6.45, 7) is 20.0. The third-order valence-electron chi connectivity index (χ3n) is 5.73. The van der Waals surface area contributed by atoms with Crippen molar-refractivity contribution in [3.8, 4) is 0 Å². The Balaban J connectivity index is 2.77. The number of hydrogen-bond donors (Lipinski definition) is 1. The zero-order chi connectivity index (χ0) is 29.6. The van der Waals surface area contributed by atoms with Crippen LogP contribution in [0.4, 0.5) is 0 Å². The van der Waals surface area contributed by atoms with E-state index < -0.39 is 34.0 Å². The average molecular weight is 616 g/mol. The van der Waals surface area contributed by atoms with Crippen LogP contribution in [0.2, 0.25) is 51.4 Å².